The molecule has 0 aliphatic heterocycles. The van der Waals surface area contributed by atoms with E-state index in [1.165, 1.54) is 0 Å². The second-order valence-electron chi connectivity index (χ2n) is 1.26. The third kappa shape index (κ3) is 2.38. The van der Waals surface area contributed by atoms with Crippen LogP contribution >= 0.6 is 0 Å². The Kier molecular flexibility index (Phi) is 2.90. The summed E-state index contributed by atoms with van der Waals surface area (Å²) in [5, 5.41) is 8.89. The van der Waals surface area contributed by atoms with Gasteiger partial charge in [-0.2, -0.15) is 0 Å². The maximum absolute atomic E-state index is 10.0. The van der Waals surface area contributed by atoms with Crippen LogP contribution in [0.15, 0.2) is 0 Å². The predicted molar refractivity (Wildman–Crippen MR) is 27.6 cm³/mol. The van der Waals surface area contributed by atoms with Crippen molar-refractivity contribution in [3.63, 3.8) is 0 Å². The normalized spacial score (nSPS) is 8.75. The van der Waals surface area contributed by atoms with Gasteiger partial charge in [0.2, 0.25) is 0 Å². The molecule has 0 aliphatic rings. The molecular weight excluding hydrogens is 110 g/mol. The van der Waals surface area contributed by atoms with E-state index < -0.39 is 6.03 Å². The minimum absolute atomic E-state index is 0.0787. The van der Waals surface area contributed by atoms with Crippen molar-refractivity contribution >= 4 is 6.03 Å². The lowest BCUT2D eigenvalue weighted by molar-refractivity contribution is 0.186. The number of aliphatic hydroxyl groups is 1. The Balaban J connectivity index is 3.32. The van der Waals surface area contributed by atoms with Crippen molar-refractivity contribution in [2.24, 2.45) is 11.6 Å². The quantitative estimate of drug-likeness (QED) is 0.228. The zero-order valence-corrected chi connectivity index (χ0v) is 4.37. The zero-order valence-electron chi connectivity index (χ0n) is 4.37. The summed E-state index contributed by atoms with van der Waals surface area (Å²) in [6.07, 6.45) is 0. The van der Waals surface area contributed by atoms with Gasteiger partial charge >= 0.3 is 6.03 Å². The minimum Gasteiger partial charge on any atom is -0.394 e. The van der Waals surface area contributed by atoms with Crippen molar-refractivity contribution < 1.29 is 9.90 Å². The summed E-state index contributed by atoms with van der Waals surface area (Å²) >= 11 is 0. The molecule has 0 aromatic rings. The molecule has 48 valence electrons. The van der Waals surface area contributed by atoms with Gasteiger partial charge in [-0.25, -0.2) is 10.6 Å². The zero-order chi connectivity index (χ0) is 6.57. The highest BCUT2D eigenvalue weighted by Gasteiger charge is 1.99. The van der Waals surface area contributed by atoms with Crippen LogP contribution in [0.5, 0.6) is 0 Å². The van der Waals surface area contributed by atoms with Crippen molar-refractivity contribution in [1.82, 2.24) is 5.01 Å². The molecule has 0 saturated heterocycles. The van der Waals surface area contributed by atoms with Crippen molar-refractivity contribution in [3.8, 4) is 0 Å². The van der Waals surface area contributed by atoms with Crippen LogP contribution in [-0.4, -0.2) is 29.3 Å². The predicted octanol–water partition coefficient (Wildman–Crippen LogP) is -1.77. The second kappa shape index (κ2) is 3.23. The molecule has 5 N–H and O–H groups in total. The molecule has 2 amide bonds. The van der Waals surface area contributed by atoms with Crippen LogP contribution in [0.4, 0.5) is 4.79 Å². The van der Waals surface area contributed by atoms with Gasteiger partial charge in [-0.05, 0) is 0 Å². The van der Waals surface area contributed by atoms with E-state index in [9.17, 15) is 4.79 Å². The largest absolute Gasteiger partial charge is 0.394 e. The van der Waals surface area contributed by atoms with E-state index in [2.05, 4.69) is 5.73 Å². The Labute approximate surface area is 46.8 Å². The number of nitrogens with zero attached hydrogens (tertiary/aromatic N) is 1. The summed E-state index contributed by atoms with van der Waals surface area (Å²) in [4.78, 5) is 10.0. The van der Waals surface area contributed by atoms with Gasteiger partial charge in [0.1, 0.15) is 0 Å². The first-order chi connectivity index (χ1) is 3.68. The summed E-state index contributed by atoms with van der Waals surface area (Å²) in [7, 11) is 0. The van der Waals surface area contributed by atoms with E-state index in [1.54, 1.807) is 0 Å². The Hall–Kier alpha value is -0.810. The molecule has 0 saturated carbocycles. The third-order valence-electron chi connectivity index (χ3n) is 0.624. The number of hydrazine groups is 1. The average Bonchev–Trinajstić information content (AvgIpc) is 1.67. The van der Waals surface area contributed by atoms with E-state index in [0.717, 1.165) is 5.01 Å². The van der Waals surface area contributed by atoms with Crippen LogP contribution in [0.3, 0.4) is 0 Å². The van der Waals surface area contributed by atoms with Crippen molar-refractivity contribution in [1.29, 1.82) is 0 Å². The second-order valence-corrected chi connectivity index (χ2v) is 1.26. The average molecular weight is 119 g/mol. The summed E-state index contributed by atoms with van der Waals surface area (Å²) < 4.78 is 0. The molecule has 0 bridgehead atoms. The number of primary amides is 1. The number of urea groups is 1. The van der Waals surface area contributed by atoms with Crippen LogP contribution in [0.2, 0.25) is 0 Å². The Morgan fingerprint density at radius 2 is 2.25 bits per heavy atom. The van der Waals surface area contributed by atoms with E-state index in [4.69, 9.17) is 10.9 Å². The molecule has 0 aromatic heterocycles. The fourth-order valence-corrected chi connectivity index (χ4v) is 0.218. The van der Waals surface area contributed by atoms with E-state index in [-0.39, 0.29) is 13.2 Å². The number of rotatable bonds is 2. The first kappa shape index (κ1) is 7.19. The number of amides is 2. The van der Waals surface area contributed by atoms with Crippen LogP contribution < -0.4 is 11.6 Å². The molecule has 5 nitrogen and oxygen atoms in total. The Bertz CT molecular complexity index is 84.6. The van der Waals surface area contributed by atoms with Gasteiger partial charge < -0.3 is 10.8 Å². The maximum atomic E-state index is 10.0. The summed E-state index contributed by atoms with van der Waals surface area (Å²) in [5.41, 5.74) is 4.67. The molecule has 0 aromatic carbocycles. The molecule has 8 heavy (non-hydrogen) atoms. The number of hydrogen-bond acceptors (Lipinski definition) is 3. The standard InChI is InChI=1S/C3H9N3O2/c4-3(8)6(5)1-2-7/h7H,1-2,5H2,(H2,4,8). The van der Waals surface area contributed by atoms with E-state index in [1.807, 2.05) is 0 Å². The first-order valence-corrected chi connectivity index (χ1v) is 2.11. The lowest BCUT2D eigenvalue weighted by atomic mass is 10.7. The van der Waals surface area contributed by atoms with Crippen molar-refractivity contribution in [2.75, 3.05) is 13.2 Å². The molecule has 0 aliphatic carbocycles. The summed E-state index contributed by atoms with van der Waals surface area (Å²) in [6, 6.07) is -0.737. The van der Waals surface area contributed by atoms with Gasteiger partial charge in [-0.15, -0.1) is 0 Å². The molecule has 0 radical (unpaired) electrons. The SMILES string of the molecule is NC(=O)N(N)CCO. The van der Waals surface area contributed by atoms with Gasteiger partial charge in [0.15, 0.2) is 0 Å². The molecule has 0 atom stereocenters. The minimum atomic E-state index is -0.737. The Morgan fingerprint density at radius 3 is 2.38 bits per heavy atom. The molecule has 5 heteroatoms. The van der Waals surface area contributed by atoms with Gasteiger partial charge in [0.05, 0.1) is 13.2 Å². The summed E-state index contributed by atoms with van der Waals surface area (Å²) in [6.45, 7) is -0.0885. The van der Waals surface area contributed by atoms with Gasteiger partial charge in [0.25, 0.3) is 0 Å². The van der Waals surface area contributed by atoms with Crippen LogP contribution in [-0.2, 0) is 0 Å². The number of carbonyl (C=O) groups excluding carboxylic acids is 1. The highest BCUT2D eigenvalue weighted by Crippen LogP contribution is 1.71. The van der Waals surface area contributed by atoms with Gasteiger partial charge in [-0.1, -0.05) is 0 Å². The number of nitrogens with two attached hydrogens (primary N) is 2. The number of aliphatic hydroxyl groups excluding tert-OH is 1. The lowest BCUT2D eigenvalue weighted by Gasteiger charge is -2.09. The fraction of sp³-hybridized carbons (Fsp3) is 0.667. The first-order valence-electron chi connectivity index (χ1n) is 2.11. The number of hydrogen-bond donors (Lipinski definition) is 3. The molecular formula is C3H9N3O2. The maximum Gasteiger partial charge on any atom is 0.328 e. The topological polar surface area (TPSA) is 92.6 Å². The van der Waals surface area contributed by atoms with Crippen LogP contribution in [0.1, 0.15) is 0 Å². The van der Waals surface area contributed by atoms with Crippen molar-refractivity contribution in [3.05, 3.63) is 0 Å². The van der Waals surface area contributed by atoms with Crippen LogP contribution in [0, 0.1) is 0 Å². The molecule has 0 heterocycles. The van der Waals surface area contributed by atoms with Crippen molar-refractivity contribution in [2.45, 2.75) is 0 Å². The van der Waals surface area contributed by atoms with Gasteiger partial charge in [0, 0.05) is 0 Å². The van der Waals surface area contributed by atoms with E-state index in [0.29, 0.717) is 0 Å². The number of carbonyl (C=O) groups is 1. The smallest absolute Gasteiger partial charge is 0.328 e. The summed E-state index contributed by atoms with van der Waals surface area (Å²) in [5.74, 6) is 4.93. The molecule has 0 fully saturated rings. The molecule has 0 unspecified atom stereocenters. The highest BCUT2D eigenvalue weighted by molar-refractivity contribution is 5.71. The van der Waals surface area contributed by atoms with Crippen LogP contribution in [0.25, 0.3) is 0 Å². The highest BCUT2D eigenvalue weighted by atomic mass is 16.3. The lowest BCUT2D eigenvalue weighted by Crippen LogP contribution is -2.42. The van der Waals surface area contributed by atoms with Gasteiger partial charge in [-0.3, -0.25) is 5.01 Å². The Morgan fingerprint density at radius 1 is 1.75 bits per heavy atom. The monoisotopic (exact) mass is 119 g/mol. The van der Waals surface area contributed by atoms with E-state index >= 15 is 0 Å². The molecule has 0 spiro atoms. The fourth-order valence-electron chi connectivity index (χ4n) is 0.218. The third-order valence-corrected chi connectivity index (χ3v) is 0.624. The molecule has 0 rings (SSSR count).